The van der Waals surface area contributed by atoms with Crippen molar-refractivity contribution in [1.29, 1.82) is 0 Å². The highest BCUT2D eigenvalue weighted by Crippen LogP contribution is 2.36. The van der Waals surface area contributed by atoms with Gasteiger partial charge in [-0.1, -0.05) is 52.5 Å². The summed E-state index contributed by atoms with van der Waals surface area (Å²) >= 11 is 25.9. The normalized spacial score (nSPS) is 15.5. The summed E-state index contributed by atoms with van der Waals surface area (Å²) in [6, 6.07) is 10.0. The molecule has 10 heteroatoms. The quantitative estimate of drug-likeness (QED) is 0.376. The topological polar surface area (TPSA) is 50.3 Å². The summed E-state index contributed by atoms with van der Waals surface area (Å²) in [6.07, 6.45) is 0.978. The summed E-state index contributed by atoms with van der Waals surface area (Å²) in [5.74, 6) is 0. The van der Waals surface area contributed by atoms with Crippen molar-refractivity contribution in [3.63, 3.8) is 0 Å². The zero-order valence-electron chi connectivity index (χ0n) is 15.5. The monoisotopic (exact) mass is 520 g/mol. The molecule has 1 aliphatic rings. The first-order chi connectivity index (χ1) is 14.3. The van der Waals surface area contributed by atoms with Crippen molar-refractivity contribution in [1.82, 2.24) is 4.98 Å². The summed E-state index contributed by atoms with van der Waals surface area (Å²) in [7, 11) is -3.56. The van der Waals surface area contributed by atoms with Crippen LogP contribution in [-0.2, 0) is 9.84 Å². The van der Waals surface area contributed by atoms with E-state index in [0.717, 1.165) is 16.4 Å². The van der Waals surface area contributed by atoms with Gasteiger partial charge in [0.05, 0.1) is 25.9 Å². The maximum atomic E-state index is 13.1. The molecule has 0 unspecified atom stereocenters. The van der Waals surface area contributed by atoms with Gasteiger partial charge in [-0.25, -0.2) is 13.4 Å². The highest BCUT2D eigenvalue weighted by Gasteiger charge is 2.33. The van der Waals surface area contributed by atoms with Crippen LogP contribution in [0.25, 0.3) is 11.3 Å². The van der Waals surface area contributed by atoms with E-state index in [1.54, 1.807) is 18.2 Å². The molecular weight excluding hydrogens is 506 g/mol. The third-order valence-electron chi connectivity index (χ3n) is 5.02. The third-order valence-corrected chi connectivity index (χ3v) is 9.60. The van der Waals surface area contributed by atoms with Crippen molar-refractivity contribution < 1.29 is 8.42 Å². The zero-order valence-corrected chi connectivity index (χ0v) is 20.1. The predicted octanol–water partition coefficient (Wildman–Crippen LogP) is 6.87. The van der Waals surface area contributed by atoms with E-state index in [-0.39, 0.29) is 14.9 Å². The number of anilines is 1. The maximum Gasteiger partial charge on any atom is 0.185 e. The standard InChI is InChI=1S/C20H16Cl4N2O2S2/c21-13-8-12(9-14(22)10-13)17-11-29-20(25-17)26-6-4-15(5-7-26)30(27,28)18-3-1-2-16(23)19(18)24/h1-3,8-11,15H,4-7H2. The first kappa shape index (κ1) is 22.2. The molecule has 4 nitrogen and oxygen atoms in total. The van der Waals surface area contributed by atoms with E-state index < -0.39 is 15.1 Å². The number of sulfone groups is 1. The first-order valence-corrected chi connectivity index (χ1v) is 13.0. The fourth-order valence-corrected chi connectivity index (χ4v) is 7.40. The number of piperidine rings is 1. The Morgan fingerprint density at radius 2 is 1.67 bits per heavy atom. The predicted molar refractivity (Wildman–Crippen MR) is 126 cm³/mol. The lowest BCUT2D eigenvalue weighted by atomic mass is 10.1. The number of thiazole rings is 1. The van der Waals surface area contributed by atoms with Gasteiger partial charge >= 0.3 is 0 Å². The number of hydrogen-bond acceptors (Lipinski definition) is 5. The second-order valence-electron chi connectivity index (χ2n) is 6.96. The molecule has 4 rings (SSSR count). The van der Waals surface area contributed by atoms with Gasteiger partial charge in [0.1, 0.15) is 0 Å². The number of hydrogen-bond donors (Lipinski definition) is 0. The second-order valence-corrected chi connectivity index (χ2v) is 11.6. The van der Waals surface area contributed by atoms with Gasteiger partial charge in [-0.3, -0.25) is 0 Å². The van der Waals surface area contributed by atoms with Crippen LogP contribution in [-0.4, -0.2) is 31.7 Å². The molecule has 1 fully saturated rings. The molecule has 0 radical (unpaired) electrons. The summed E-state index contributed by atoms with van der Waals surface area (Å²) in [5, 5.41) is 3.73. The van der Waals surface area contributed by atoms with Crippen molar-refractivity contribution in [3.8, 4) is 11.3 Å². The Morgan fingerprint density at radius 3 is 2.33 bits per heavy atom. The van der Waals surface area contributed by atoms with Gasteiger partial charge in [0, 0.05) is 34.1 Å². The molecule has 0 saturated carbocycles. The number of benzene rings is 2. The molecule has 0 aliphatic carbocycles. The molecule has 1 aliphatic heterocycles. The van der Waals surface area contributed by atoms with Gasteiger partial charge < -0.3 is 4.90 Å². The van der Waals surface area contributed by atoms with Crippen LogP contribution >= 0.6 is 57.7 Å². The smallest absolute Gasteiger partial charge is 0.185 e. The van der Waals surface area contributed by atoms with E-state index in [1.807, 2.05) is 17.5 Å². The minimum absolute atomic E-state index is 0.0892. The van der Waals surface area contributed by atoms with Gasteiger partial charge in [-0.05, 0) is 43.2 Å². The highest BCUT2D eigenvalue weighted by molar-refractivity contribution is 7.92. The molecule has 1 aromatic heterocycles. The van der Waals surface area contributed by atoms with Crippen molar-refractivity contribution >= 4 is 72.7 Å². The Labute approximate surface area is 199 Å². The summed E-state index contributed by atoms with van der Waals surface area (Å²) in [5.41, 5.74) is 1.64. The van der Waals surface area contributed by atoms with E-state index in [0.29, 0.717) is 36.0 Å². The Bertz CT molecular complexity index is 1170. The van der Waals surface area contributed by atoms with Crippen molar-refractivity contribution in [2.24, 2.45) is 0 Å². The molecule has 0 spiro atoms. The Kier molecular flexibility index (Phi) is 6.54. The lowest BCUT2D eigenvalue weighted by Crippen LogP contribution is -2.39. The van der Waals surface area contributed by atoms with Crippen LogP contribution in [0.5, 0.6) is 0 Å². The maximum absolute atomic E-state index is 13.1. The zero-order chi connectivity index (χ0) is 21.5. The highest BCUT2D eigenvalue weighted by atomic mass is 35.5. The minimum atomic E-state index is -3.56. The van der Waals surface area contributed by atoms with E-state index in [4.69, 9.17) is 51.4 Å². The lowest BCUT2D eigenvalue weighted by molar-refractivity contribution is 0.529. The SMILES string of the molecule is O=S(=O)(c1cccc(Cl)c1Cl)C1CCN(c2nc(-c3cc(Cl)cc(Cl)c3)cs2)CC1. The lowest BCUT2D eigenvalue weighted by Gasteiger charge is -2.31. The summed E-state index contributed by atoms with van der Waals surface area (Å²) in [6.45, 7) is 1.18. The molecule has 0 atom stereocenters. The number of rotatable bonds is 4. The molecule has 2 heterocycles. The number of aromatic nitrogens is 1. The van der Waals surface area contributed by atoms with Gasteiger partial charge in [-0.2, -0.15) is 0 Å². The average molecular weight is 522 g/mol. The van der Waals surface area contributed by atoms with Crippen LogP contribution in [0.4, 0.5) is 5.13 Å². The van der Waals surface area contributed by atoms with Crippen LogP contribution in [0.1, 0.15) is 12.8 Å². The van der Waals surface area contributed by atoms with E-state index in [1.165, 1.54) is 17.4 Å². The van der Waals surface area contributed by atoms with E-state index >= 15 is 0 Å². The van der Waals surface area contributed by atoms with E-state index in [2.05, 4.69) is 4.90 Å². The molecule has 158 valence electrons. The fraction of sp³-hybridized carbons (Fsp3) is 0.250. The average Bonchev–Trinajstić information content (AvgIpc) is 3.20. The fourth-order valence-electron chi connectivity index (χ4n) is 3.48. The second kappa shape index (κ2) is 8.85. The molecule has 30 heavy (non-hydrogen) atoms. The molecule has 0 amide bonds. The van der Waals surface area contributed by atoms with E-state index in [9.17, 15) is 8.42 Å². The van der Waals surface area contributed by atoms with Crippen molar-refractivity contribution in [3.05, 3.63) is 61.9 Å². The van der Waals surface area contributed by atoms with Gasteiger partial charge in [0.2, 0.25) is 0 Å². The molecule has 3 aromatic rings. The summed E-state index contributed by atoms with van der Waals surface area (Å²) < 4.78 is 26.1. The molecule has 0 N–H and O–H groups in total. The molecular formula is C20H16Cl4N2O2S2. The Morgan fingerprint density at radius 1 is 1.00 bits per heavy atom. The van der Waals surface area contributed by atoms with Crippen molar-refractivity contribution in [2.75, 3.05) is 18.0 Å². The Balaban J connectivity index is 1.49. The van der Waals surface area contributed by atoms with Crippen molar-refractivity contribution in [2.45, 2.75) is 23.0 Å². The van der Waals surface area contributed by atoms with Crippen LogP contribution in [0.2, 0.25) is 20.1 Å². The van der Waals surface area contributed by atoms with Gasteiger partial charge in [-0.15, -0.1) is 11.3 Å². The molecule has 0 bridgehead atoms. The Hall–Kier alpha value is -1.02. The van der Waals surface area contributed by atoms with Gasteiger partial charge in [0.25, 0.3) is 0 Å². The number of nitrogens with zero attached hydrogens (tertiary/aromatic N) is 2. The van der Waals surface area contributed by atoms with Crippen LogP contribution in [0.3, 0.4) is 0 Å². The first-order valence-electron chi connectivity index (χ1n) is 9.10. The molecule has 1 saturated heterocycles. The van der Waals surface area contributed by atoms with Crippen LogP contribution in [0, 0.1) is 0 Å². The largest absolute Gasteiger partial charge is 0.348 e. The number of halogens is 4. The summed E-state index contributed by atoms with van der Waals surface area (Å²) in [4.78, 5) is 6.90. The molecule has 2 aromatic carbocycles. The third kappa shape index (κ3) is 4.45. The minimum Gasteiger partial charge on any atom is -0.348 e. The van der Waals surface area contributed by atoms with Gasteiger partial charge in [0.15, 0.2) is 15.0 Å². The van der Waals surface area contributed by atoms with Crippen LogP contribution in [0.15, 0.2) is 46.7 Å². The van der Waals surface area contributed by atoms with Crippen LogP contribution < -0.4 is 4.90 Å².